The van der Waals surface area contributed by atoms with Crippen LogP contribution in [0, 0.1) is 0 Å². The number of benzene rings is 1. The van der Waals surface area contributed by atoms with Crippen molar-refractivity contribution in [3.05, 3.63) is 23.8 Å². The van der Waals surface area contributed by atoms with Crippen molar-refractivity contribution >= 4 is 28.9 Å². The van der Waals surface area contributed by atoms with Crippen LogP contribution in [0.25, 0.3) is 11.0 Å². The first-order chi connectivity index (χ1) is 9.15. The van der Waals surface area contributed by atoms with Crippen LogP contribution < -0.4 is 10.6 Å². The Morgan fingerprint density at radius 3 is 2.89 bits per heavy atom. The molecule has 0 saturated heterocycles. The average Bonchev–Trinajstić information content (AvgIpc) is 2.79. The fourth-order valence-corrected chi connectivity index (χ4v) is 1.70. The van der Waals surface area contributed by atoms with Gasteiger partial charge >= 0.3 is 5.97 Å². The van der Waals surface area contributed by atoms with Crippen LogP contribution in [0.3, 0.4) is 0 Å². The number of methoxy groups -OCH3 is 1. The van der Waals surface area contributed by atoms with Crippen molar-refractivity contribution < 1.29 is 14.3 Å². The molecule has 19 heavy (non-hydrogen) atoms. The summed E-state index contributed by atoms with van der Waals surface area (Å²) < 4.78 is 4.68. The van der Waals surface area contributed by atoms with Gasteiger partial charge in [-0.25, -0.2) is 9.78 Å². The number of H-pyrrole nitrogens is 1. The smallest absolute Gasteiger partial charge is 0.340 e. The van der Waals surface area contributed by atoms with Crippen LogP contribution in [0.5, 0.6) is 0 Å². The van der Waals surface area contributed by atoms with E-state index in [1.54, 1.807) is 25.2 Å². The summed E-state index contributed by atoms with van der Waals surface area (Å²) in [6, 6.07) is 5.10. The SMILES string of the molecule is CNCC(=O)Nc1nc2c(C(=O)OC)cccc2[nH]1. The van der Waals surface area contributed by atoms with Crippen molar-refractivity contribution in [3.63, 3.8) is 0 Å². The number of esters is 1. The van der Waals surface area contributed by atoms with Gasteiger partial charge in [0.1, 0.15) is 5.52 Å². The van der Waals surface area contributed by atoms with Gasteiger partial charge in [-0.05, 0) is 19.2 Å². The molecule has 1 aromatic carbocycles. The number of hydrogen-bond acceptors (Lipinski definition) is 5. The number of carbonyl (C=O) groups is 2. The van der Waals surface area contributed by atoms with Gasteiger partial charge in [0.05, 0.1) is 24.7 Å². The lowest BCUT2D eigenvalue weighted by Crippen LogP contribution is -2.25. The largest absolute Gasteiger partial charge is 0.465 e. The maximum Gasteiger partial charge on any atom is 0.340 e. The van der Waals surface area contributed by atoms with E-state index < -0.39 is 5.97 Å². The number of fused-ring (bicyclic) bond motifs is 1. The van der Waals surface area contributed by atoms with Gasteiger partial charge in [-0.1, -0.05) is 6.07 Å². The van der Waals surface area contributed by atoms with Gasteiger partial charge in [0, 0.05) is 0 Å². The lowest BCUT2D eigenvalue weighted by molar-refractivity contribution is -0.115. The predicted octanol–water partition coefficient (Wildman–Crippen LogP) is 0.507. The molecular formula is C12H14N4O3. The Morgan fingerprint density at radius 2 is 2.21 bits per heavy atom. The van der Waals surface area contributed by atoms with E-state index in [1.165, 1.54) is 7.11 Å². The number of imidazole rings is 1. The molecule has 3 N–H and O–H groups in total. The quantitative estimate of drug-likeness (QED) is 0.697. The van der Waals surface area contributed by atoms with Crippen LogP contribution in [-0.2, 0) is 9.53 Å². The summed E-state index contributed by atoms with van der Waals surface area (Å²) >= 11 is 0. The Hall–Kier alpha value is -2.41. The number of nitrogens with zero attached hydrogens (tertiary/aromatic N) is 1. The number of anilines is 1. The van der Waals surface area contributed by atoms with E-state index in [-0.39, 0.29) is 12.5 Å². The molecule has 7 heteroatoms. The van der Waals surface area contributed by atoms with Crippen molar-refractivity contribution in [1.29, 1.82) is 0 Å². The summed E-state index contributed by atoms with van der Waals surface area (Å²) in [6.07, 6.45) is 0. The number of nitrogens with one attached hydrogen (secondary N) is 3. The summed E-state index contributed by atoms with van der Waals surface area (Å²) in [5.41, 5.74) is 1.47. The normalized spacial score (nSPS) is 10.4. The number of ether oxygens (including phenoxy) is 1. The number of likely N-dealkylation sites (N-methyl/N-ethyl adjacent to an activating group) is 1. The molecule has 1 amide bonds. The number of aromatic nitrogens is 2. The topological polar surface area (TPSA) is 96.1 Å². The van der Waals surface area contributed by atoms with Crippen molar-refractivity contribution in [2.75, 3.05) is 26.0 Å². The minimum atomic E-state index is -0.467. The third-order valence-electron chi connectivity index (χ3n) is 2.51. The summed E-state index contributed by atoms with van der Waals surface area (Å²) in [6.45, 7) is 0.181. The van der Waals surface area contributed by atoms with Gasteiger partial charge in [0.2, 0.25) is 11.9 Å². The lowest BCUT2D eigenvalue weighted by atomic mass is 10.2. The Labute approximate surface area is 109 Å². The van der Waals surface area contributed by atoms with E-state index >= 15 is 0 Å². The fraction of sp³-hybridized carbons (Fsp3) is 0.250. The van der Waals surface area contributed by atoms with E-state index in [9.17, 15) is 9.59 Å². The van der Waals surface area contributed by atoms with Crippen molar-refractivity contribution in [2.24, 2.45) is 0 Å². The zero-order chi connectivity index (χ0) is 13.8. The summed E-state index contributed by atoms with van der Waals surface area (Å²) in [7, 11) is 2.98. The molecule has 0 unspecified atom stereocenters. The van der Waals surface area contributed by atoms with Crippen LogP contribution in [0.2, 0.25) is 0 Å². The predicted molar refractivity (Wildman–Crippen MR) is 70.0 cm³/mol. The molecule has 100 valence electrons. The van der Waals surface area contributed by atoms with Crippen LogP contribution >= 0.6 is 0 Å². The van der Waals surface area contributed by atoms with Crippen molar-refractivity contribution in [1.82, 2.24) is 15.3 Å². The number of para-hydroxylation sites is 1. The molecule has 0 aliphatic rings. The van der Waals surface area contributed by atoms with Crippen molar-refractivity contribution in [3.8, 4) is 0 Å². The minimum absolute atomic E-state index is 0.181. The molecule has 0 bridgehead atoms. The summed E-state index contributed by atoms with van der Waals surface area (Å²) in [5, 5.41) is 5.33. The second-order valence-electron chi connectivity index (χ2n) is 3.86. The molecule has 1 aromatic heterocycles. The second-order valence-corrected chi connectivity index (χ2v) is 3.86. The molecule has 2 aromatic rings. The first kappa shape index (κ1) is 13.0. The zero-order valence-electron chi connectivity index (χ0n) is 10.6. The average molecular weight is 262 g/mol. The molecule has 0 radical (unpaired) electrons. The maximum absolute atomic E-state index is 11.6. The van der Waals surface area contributed by atoms with Gasteiger partial charge in [-0.2, -0.15) is 0 Å². The Bertz CT molecular complexity index is 620. The molecular weight excluding hydrogens is 248 g/mol. The minimum Gasteiger partial charge on any atom is -0.465 e. The first-order valence-electron chi connectivity index (χ1n) is 5.67. The van der Waals surface area contributed by atoms with E-state index in [0.29, 0.717) is 22.5 Å². The second kappa shape index (κ2) is 5.49. The van der Waals surface area contributed by atoms with Crippen LogP contribution in [0.15, 0.2) is 18.2 Å². The van der Waals surface area contributed by atoms with E-state index in [2.05, 4.69) is 25.3 Å². The third-order valence-corrected chi connectivity index (χ3v) is 2.51. The summed E-state index contributed by atoms with van der Waals surface area (Å²) in [5.74, 6) is -0.391. The Kier molecular flexibility index (Phi) is 3.76. The molecule has 0 aliphatic heterocycles. The lowest BCUT2D eigenvalue weighted by Gasteiger charge is -1.99. The number of rotatable bonds is 4. The fourth-order valence-electron chi connectivity index (χ4n) is 1.70. The number of amides is 1. The zero-order valence-corrected chi connectivity index (χ0v) is 10.6. The van der Waals surface area contributed by atoms with Crippen molar-refractivity contribution in [2.45, 2.75) is 0 Å². The molecule has 0 aliphatic carbocycles. The van der Waals surface area contributed by atoms with Gasteiger partial charge in [0.15, 0.2) is 0 Å². The van der Waals surface area contributed by atoms with Gasteiger partial charge in [-0.15, -0.1) is 0 Å². The van der Waals surface area contributed by atoms with E-state index in [4.69, 9.17) is 0 Å². The molecule has 7 nitrogen and oxygen atoms in total. The highest BCUT2D eigenvalue weighted by atomic mass is 16.5. The molecule has 1 heterocycles. The molecule has 2 rings (SSSR count). The highest BCUT2D eigenvalue weighted by Gasteiger charge is 2.14. The maximum atomic E-state index is 11.6. The van der Waals surface area contributed by atoms with Gasteiger partial charge in [-0.3, -0.25) is 10.1 Å². The number of carbonyl (C=O) groups excluding carboxylic acids is 2. The molecule has 0 spiro atoms. The van der Waals surface area contributed by atoms with E-state index in [0.717, 1.165) is 0 Å². The van der Waals surface area contributed by atoms with Gasteiger partial charge in [0.25, 0.3) is 0 Å². The molecule has 0 fully saturated rings. The number of hydrogen-bond donors (Lipinski definition) is 3. The van der Waals surface area contributed by atoms with Crippen LogP contribution in [0.4, 0.5) is 5.95 Å². The van der Waals surface area contributed by atoms with Gasteiger partial charge < -0.3 is 15.0 Å². The van der Waals surface area contributed by atoms with E-state index in [1.807, 2.05) is 0 Å². The summed E-state index contributed by atoms with van der Waals surface area (Å²) in [4.78, 5) is 30.1. The number of aromatic amines is 1. The van der Waals surface area contributed by atoms with Crippen LogP contribution in [-0.4, -0.2) is 42.5 Å². The third kappa shape index (κ3) is 2.71. The highest BCUT2D eigenvalue weighted by molar-refractivity contribution is 6.03. The highest BCUT2D eigenvalue weighted by Crippen LogP contribution is 2.19. The van der Waals surface area contributed by atoms with Crippen LogP contribution in [0.1, 0.15) is 10.4 Å². The monoisotopic (exact) mass is 262 g/mol. The standard InChI is InChI=1S/C12H14N4O3/c1-13-6-9(17)15-12-14-8-5-3-4-7(10(8)16-12)11(18)19-2/h3-5,13H,6H2,1-2H3,(H2,14,15,16,17). The molecule has 0 saturated carbocycles. The Morgan fingerprint density at radius 1 is 1.42 bits per heavy atom. The molecule has 0 atom stereocenters. The first-order valence-corrected chi connectivity index (χ1v) is 5.67. The Balaban J connectivity index is 2.35.